The number of carbonyl (C=O) groups is 4. The van der Waals surface area contributed by atoms with E-state index in [4.69, 9.17) is 23.2 Å². The van der Waals surface area contributed by atoms with Crippen LogP contribution in [0.1, 0.15) is 91.6 Å². The molecule has 1 unspecified atom stereocenters. The van der Waals surface area contributed by atoms with Gasteiger partial charge in [0.05, 0.1) is 17.5 Å². The third-order valence-corrected chi connectivity index (χ3v) is 16.5. The Hall–Kier alpha value is -5.02. The first kappa shape index (κ1) is 42.6. The molecule has 0 N–H and O–H groups in total. The Balaban J connectivity index is 1.61. The van der Waals surface area contributed by atoms with Crippen LogP contribution in [-0.2, 0) is 27.0 Å². The molecule has 3 aliphatic rings. The summed E-state index contributed by atoms with van der Waals surface area (Å²) in [5.74, 6) is -4.58. The maximum Gasteiger partial charge on any atom is 0.514 e. The van der Waals surface area contributed by atoms with Crippen molar-refractivity contribution < 1.29 is 42.3 Å². The average Bonchev–Trinajstić information content (AvgIpc) is 3.53. The number of carbonyl (C=O) groups excluding carboxylic acids is 4. The minimum absolute atomic E-state index is 0.0119. The van der Waals surface area contributed by atoms with Crippen LogP contribution in [0.25, 0.3) is 10.4 Å². The van der Waals surface area contributed by atoms with Gasteiger partial charge in [0, 0.05) is 37.2 Å². The molecule has 15 nitrogen and oxygen atoms in total. The van der Waals surface area contributed by atoms with Crippen LogP contribution < -0.4 is 14.4 Å². The van der Waals surface area contributed by atoms with Gasteiger partial charge < -0.3 is 28.1 Å². The number of azide groups is 1. The molecule has 310 valence electrons. The van der Waals surface area contributed by atoms with Crippen LogP contribution in [0.3, 0.4) is 0 Å². The second-order valence-electron chi connectivity index (χ2n) is 18.6. The summed E-state index contributed by atoms with van der Waals surface area (Å²) in [4.78, 5) is 67.2. The molecule has 2 aromatic carbocycles. The van der Waals surface area contributed by atoms with Crippen molar-refractivity contribution in [1.29, 1.82) is 0 Å². The fraction of sp³-hybridized carbons (Fsp3) is 0.548. The molecule has 3 aliphatic carbocycles. The first-order valence-corrected chi connectivity index (χ1v) is 22.3. The van der Waals surface area contributed by atoms with Crippen molar-refractivity contribution in [2.45, 2.75) is 96.4 Å². The number of nitrogens with zero attached hydrogens (tertiary/aromatic N) is 6. The number of anilines is 1. The summed E-state index contributed by atoms with van der Waals surface area (Å²) in [6.07, 6.45) is -0.919. The van der Waals surface area contributed by atoms with Crippen LogP contribution in [0.5, 0.6) is 11.6 Å². The SMILES string of the molecule is CN(C)c1ccc(OC(=O)OC(C)(C)C)c2c1C[C@@]1(CN=[N+]=[N-])C[C@H]3[C@H](N(C)C)c4onc(OCc5ccccc5)c4C(=O)[C@@]3(O[Si](C)(C)C(C)(C)C)C(=O)C1C2=O. The minimum atomic E-state index is -3.06. The molecule has 3 aromatic rings. The lowest BCUT2D eigenvalue weighted by molar-refractivity contribution is -0.158. The van der Waals surface area contributed by atoms with Crippen LogP contribution in [0.2, 0.25) is 18.1 Å². The predicted molar refractivity (Wildman–Crippen MR) is 218 cm³/mol. The molecule has 5 atom stereocenters. The molecular weight excluding hydrogens is 761 g/mol. The third-order valence-electron chi connectivity index (χ3n) is 12.1. The predicted octanol–water partition coefficient (Wildman–Crippen LogP) is 8.13. The number of Topliss-reactive ketones (excluding diaryl/α,β-unsaturated/α-hetero) is 3. The zero-order valence-electron chi connectivity index (χ0n) is 35.5. The first-order valence-electron chi connectivity index (χ1n) is 19.4. The Kier molecular flexibility index (Phi) is 11.0. The Bertz CT molecular complexity index is 2180. The maximum atomic E-state index is 16.1. The summed E-state index contributed by atoms with van der Waals surface area (Å²) in [5, 5.41) is 7.80. The van der Waals surface area contributed by atoms with E-state index in [2.05, 4.69) is 15.2 Å². The number of benzene rings is 2. The van der Waals surface area contributed by atoms with Gasteiger partial charge in [-0.05, 0) is 105 Å². The van der Waals surface area contributed by atoms with Crippen molar-refractivity contribution in [3.8, 4) is 11.6 Å². The van der Waals surface area contributed by atoms with Crippen LogP contribution in [0.4, 0.5) is 10.5 Å². The molecule has 0 saturated heterocycles. The summed E-state index contributed by atoms with van der Waals surface area (Å²) < 4.78 is 30.6. The van der Waals surface area contributed by atoms with Gasteiger partial charge in [-0.1, -0.05) is 56.2 Å². The van der Waals surface area contributed by atoms with Crippen molar-refractivity contribution in [1.82, 2.24) is 10.1 Å². The highest BCUT2D eigenvalue weighted by molar-refractivity contribution is 6.74. The molecule has 58 heavy (non-hydrogen) atoms. The van der Waals surface area contributed by atoms with E-state index < -0.39 is 71.4 Å². The van der Waals surface area contributed by atoms with Gasteiger partial charge in [0.15, 0.2) is 31.2 Å². The van der Waals surface area contributed by atoms with Crippen molar-refractivity contribution in [3.63, 3.8) is 0 Å². The molecular formula is C42H54N6O9Si. The second-order valence-corrected chi connectivity index (χ2v) is 23.4. The van der Waals surface area contributed by atoms with E-state index in [0.29, 0.717) is 11.3 Å². The molecule has 0 bridgehead atoms. The van der Waals surface area contributed by atoms with Gasteiger partial charge in [-0.2, -0.15) is 0 Å². The molecule has 6 rings (SSSR count). The molecule has 0 amide bonds. The van der Waals surface area contributed by atoms with Crippen molar-refractivity contribution in [2.75, 3.05) is 39.6 Å². The lowest BCUT2D eigenvalue weighted by Crippen LogP contribution is -2.73. The number of ketones is 3. The monoisotopic (exact) mass is 814 g/mol. The fourth-order valence-corrected chi connectivity index (χ4v) is 10.0. The number of hydrogen-bond acceptors (Lipinski definition) is 13. The van der Waals surface area contributed by atoms with Crippen LogP contribution >= 0.6 is 0 Å². The topological polar surface area (TPSA) is 186 Å². The standard InChI is InChI=1S/C42H54N6O9Si/c1-39(2,3)55-38(52)54-28-19-18-27(47(7)8)25-20-41(23-44-46-43)21-26-32(48(9)10)34-30(37(45-56-34)53-22-24-16-14-13-15-17-24)35(50)42(26,57-58(11,12)40(4,5)6)36(51)31(41)33(49)29(25)28/h13-19,26,31-32H,20-23H2,1-12H3/t26-,31?,32-,41-,42+/m0/s1. The van der Waals surface area contributed by atoms with E-state index in [9.17, 15) is 10.3 Å². The van der Waals surface area contributed by atoms with Gasteiger partial charge in [0.2, 0.25) is 5.78 Å². The molecule has 16 heteroatoms. The Morgan fingerprint density at radius 3 is 2.28 bits per heavy atom. The lowest BCUT2D eigenvalue weighted by atomic mass is 9.48. The van der Waals surface area contributed by atoms with Crippen molar-refractivity contribution in [2.24, 2.45) is 22.4 Å². The van der Waals surface area contributed by atoms with E-state index in [1.54, 1.807) is 26.8 Å². The number of ether oxygens (including phenoxy) is 3. The van der Waals surface area contributed by atoms with Crippen LogP contribution in [-0.4, -0.2) is 87.8 Å². The van der Waals surface area contributed by atoms with Crippen LogP contribution in [0.15, 0.2) is 52.1 Å². The molecule has 1 aromatic heterocycles. The smallest absolute Gasteiger partial charge is 0.470 e. The summed E-state index contributed by atoms with van der Waals surface area (Å²) in [7, 11) is 4.20. The molecule has 0 spiro atoms. The third kappa shape index (κ3) is 7.20. The Morgan fingerprint density at radius 2 is 1.69 bits per heavy atom. The maximum absolute atomic E-state index is 16.1. The highest BCUT2D eigenvalue weighted by Crippen LogP contribution is 2.63. The zero-order chi connectivity index (χ0) is 42.7. The number of fused-ring (bicyclic) bond motifs is 4. The second kappa shape index (κ2) is 15.0. The average molecular weight is 815 g/mol. The summed E-state index contributed by atoms with van der Waals surface area (Å²) in [6.45, 7) is 14.8. The van der Waals surface area contributed by atoms with Gasteiger partial charge in [0.25, 0.3) is 5.88 Å². The lowest BCUT2D eigenvalue weighted by Gasteiger charge is -2.59. The van der Waals surface area contributed by atoms with E-state index in [1.165, 1.54) is 6.07 Å². The first-order chi connectivity index (χ1) is 27.0. The van der Waals surface area contributed by atoms with E-state index >= 15 is 14.4 Å². The molecule has 0 aliphatic heterocycles. The van der Waals surface area contributed by atoms with Gasteiger partial charge in [-0.15, -0.1) is 0 Å². The summed E-state index contributed by atoms with van der Waals surface area (Å²) in [5.41, 5.74) is 7.27. The van der Waals surface area contributed by atoms with E-state index in [0.717, 1.165) is 5.56 Å². The molecule has 1 fully saturated rings. The zero-order valence-corrected chi connectivity index (χ0v) is 36.5. The highest BCUT2D eigenvalue weighted by Gasteiger charge is 2.73. The fourth-order valence-electron chi connectivity index (χ4n) is 8.58. The quantitative estimate of drug-likeness (QED) is 0.0364. The van der Waals surface area contributed by atoms with E-state index in [-0.39, 0.29) is 54.5 Å². The van der Waals surface area contributed by atoms with Crippen molar-refractivity contribution in [3.05, 3.63) is 80.9 Å². The number of hydrogen-bond donors (Lipinski definition) is 0. The van der Waals surface area contributed by atoms with Gasteiger partial charge in [0.1, 0.15) is 23.5 Å². The summed E-state index contributed by atoms with van der Waals surface area (Å²) in [6, 6.07) is 11.8. The highest BCUT2D eigenvalue weighted by atomic mass is 28.4. The van der Waals surface area contributed by atoms with Crippen molar-refractivity contribution >= 4 is 37.5 Å². The molecule has 0 radical (unpaired) electrons. The Labute approximate surface area is 340 Å². The van der Waals surface area contributed by atoms with Crippen LogP contribution in [0, 0.1) is 17.3 Å². The van der Waals surface area contributed by atoms with Gasteiger partial charge >= 0.3 is 6.16 Å². The molecule has 1 heterocycles. The number of rotatable bonds is 10. The number of aromatic nitrogens is 1. The summed E-state index contributed by atoms with van der Waals surface area (Å²) >= 11 is 0. The van der Waals surface area contributed by atoms with Gasteiger partial charge in [-0.3, -0.25) is 19.3 Å². The largest absolute Gasteiger partial charge is 0.514 e. The normalized spacial score (nSPS) is 24.2. The van der Waals surface area contributed by atoms with Gasteiger partial charge in [-0.25, -0.2) is 4.79 Å². The van der Waals surface area contributed by atoms with E-state index in [1.807, 2.05) is 102 Å². The Morgan fingerprint density at radius 1 is 1.02 bits per heavy atom. The minimum Gasteiger partial charge on any atom is -0.470 e. The molecule has 1 saturated carbocycles.